The number of amides is 1. The second-order valence-corrected chi connectivity index (χ2v) is 6.01. The predicted molar refractivity (Wildman–Crippen MR) is 89.8 cm³/mol. The van der Waals surface area contributed by atoms with E-state index in [1.165, 1.54) is 17.2 Å². The Morgan fingerprint density at radius 2 is 1.78 bits per heavy atom. The Morgan fingerprint density at radius 3 is 2.52 bits per heavy atom. The zero-order valence-electron chi connectivity index (χ0n) is 13.5. The van der Waals surface area contributed by atoms with Crippen molar-refractivity contribution in [2.24, 2.45) is 0 Å². The van der Waals surface area contributed by atoms with Gasteiger partial charge in [0, 0.05) is 19.6 Å². The first kappa shape index (κ1) is 15.7. The summed E-state index contributed by atoms with van der Waals surface area (Å²) >= 11 is 0. The molecule has 1 amide bonds. The van der Waals surface area contributed by atoms with Crippen molar-refractivity contribution in [1.82, 2.24) is 4.90 Å². The van der Waals surface area contributed by atoms with E-state index in [-0.39, 0.29) is 17.8 Å². The molecule has 1 unspecified atom stereocenters. The fraction of sp³-hybridized carbons (Fsp3) is 0.316. The number of anilines is 1. The van der Waals surface area contributed by atoms with Gasteiger partial charge in [-0.25, -0.2) is 4.39 Å². The highest BCUT2D eigenvalue weighted by atomic mass is 19.1. The highest BCUT2D eigenvalue weighted by Crippen LogP contribution is 2.24. The molecule has 1 fully saturated rings. The topological polar surface area (TPSA) is 23.6 Å². The molecule has 0 spiro atoms. The average molecular weight is 312 g/mol. The van der Waals surface area contributed by atoms with Crippen LogP contribution in [-0.4, -0.2) is 29.9 Å². The first-order valence-corrected chi connectivity index (χ1v) is 7.92. The Morgan fingerprint density at radius 1 is 1.09 bits per heavy atom. The lowest BCUT2D eigenvalue weighted by atomic mass is 10.1. The van der Waals surface area contributed by atoms with Gasteiger partial charge in [-0.1, -0.05) is 36.4 Å². The standard InChI is InChI=1S/C19H21FN2O/c1-14-7-3-4-8-16(14)13-21-11-12-22(19(23)15(21)2)18-10-6-5-9-17(18)20/h3-10,15H,11-13H2,1-2H3. The molecule has 1 atom stereocenters. The summed E-state index contributed by atoms with van der Waals surface area (Å²) in [5.74, 6) is -0.393. The van der Waals surface area contributed by atoms with Gasteiger partial charge in [0.05, 0.1) is 11.7 Å². The normalized spacial score (nSPS) is 19.2. The molecule has 3 rings (SSSR count). The number of piperazine rings is 1. The maximum atomic E-state index is 14.0. The smallest absolute Gasteiger partial charge is 0.244 e. The molecular formula is C19H21FN2O. The fourth-order valence-corrected chi connectivity index (χ4v) is 3.05. The molecule has 0 N–H and O–H groups in total. The van der Waals surface area contributed by atoms with Crippen molar-refractivity contribution >= 4 is 11.6 Å². The highest BCUT2D eigenvalue weighted by Gasteiger charge is 2.33. The lowest BCUT2D eigenvalue weighted by molar-refractivity contribution is -0.125. The van der Waals surface area contributed by atoms with E-state index in [1.54, 1.807) is 23.1 Å². The van der Waals surface area contributed by atoms with Gasteiger partial charge in [-0.15, -0.1) is 0 Å². The van der Waals surface area contributed by atoms with Gasteiger partial charge in [-0.05, 0) is 37.1 Å². The van der Waals surface area contributed by atoms with Crippen LogP contribution in [0.5, 0.6) is 0 Å². The Kier molecular flexibility index (Phi) is 4.44. The van der Waals surface area contributed by atoms with Gasteiger partial charge < -0.3 is 4.90 Å². The molecule has 1 aliphatic heterocycles. The Labute approximate surface area is 136 Å². The summed E-state index contributed by atoms with van der Waals surface area (Å²) in [7, 11) is 0. The summed E-state index contributed by atoms with van der Waals surface area (Å²) in [6.07, 6.45) is 0. The Bertz CT molecular complexity index is 716. The van der Waals surface area contributed by atoms with Crippen LogP contribution in [0.3, 0.4) is 0 Å². The van der Waals surface area contributed by atoms with Gasteiger partial charge in [-0.3, -0.25) is 9.69 Å². The molecule has 2 aromatic rings. The largest absolute Gasteiger partial charge is 0.307 e. The molecular weight excluding hydrogens is 291 g/mol. The minimum absolute atomic E-state index is 0.0464. The zero-order chi connectivity index (χ0) is 16.4. The molecule has 0 aliphatic carbocycles. The van der Waals surface area contributed by atoms with Gasteiger partial charge in [0.1, 0.15) is 5.82 Å². The molecule has 2 aromatic carbocycles. The molecule has 4 heteroatoms. The van der Waals surface area contributed by atoms with Gasteiger partial charge in [0.15, 0.2) is 0 Å². The Hall–Kier alpha value is -2.20. The molecule has 0 bridgehead atoms. The molecule has 0 saturated carbocycles. The van der Waals surface area contributed by atoms with E-state index in [4.69, 9.17) is 0 Å². The van der Waals surface area contributed by atoms with Gasteiger partial charge in [0.25, 0.3) is 0 Å². The third kappa shape index (κ3) is 3.13. The summed E-state index contributed by atoms with van der Waals surface area (Å²) in [6, 6.07) is 14.4. The number of rotatable bonds is 3. The van der Waals surface area contributed by atoms with Crippen molar-refractivity contribution in [2.45, 2.75) is 26.4 Å². The number of carbonyl (C=O) groups excluding carboxylic acids is 1. The van der Waals surface area contributed by atoms with Crippen molar-refractivity contribution in [3.8, 4) is 0 Å². The van der Waals surface area contributed by atoms with Crippen LogP contribution in [0.15, 0.2) is 48.5 Å². The number of halogens is 1. The van der Waals surface area contributed by atoms with Crippen LogP contribution in [0, 0.1) is 12.7 Å². The number of carbonyl (C=O) groups is 1. The fourth-order valence-electron chi connectivity index (χ4n) is 3.05. The van der Waals surface area contributed by atoms with E-state index in [0.29, 0.717) is 12.2 Å². The summed E-state index contributed by atoms with van der Waals surface area (Å²) in [5, 5.41) is 0. The first-order chi connectivity index (χ1) is 11.1. The van der Waals surface area contributed by atoms with Crippen molar-refractivity contribution in [3.63, 3.8) is 0 Å². The molecule has 23 heavy (non-hydrogen) atoms. The molecule has 1 aliphatic rings. The van der Waals surface area contributed by atoms with E-state index in [2.05, 4.69) is 24.0 Å². The molecule has 1 saturated heterocycles. The van der Waals surface area contributed by atoms with Crippen LogP contribution in [0.1, 0.15) is 18.1 Å². The van der Waals surface area contributed by atoms with Crippen LogP contribution >= 0.6 is 0 Å². The molecule has 120 valence electrons. The van der Waals surface area contributed by atoms with Crippen LogP contribution in [0.4, 0.5) is 10.1 Å². The number of nitrogens with zero attached hydrogens (tertiary/aromatic N) is 2. The van der Waals surface area contributed by atoms with E-state index >= 15 is 0 Å². The minimum Gasteiger partial charge on any atom is -0.307 e. The van der Waals surface area contributed by atoms with Crippen LogP contribution in [0.25, 0.3) is 0 Å². The number of hydrogen-bond donors (Lipinski definition) is 0. The molecule has 0 aromatic heterocycles. The van der Waals surface area contributed by atoms with Crippen molar-refractivity contribution in [3.05, 3.63) is 65.5 Å². The zero-order valence-corrected chi connectivity index (χ0v) is 13.5. The quantitative estimate of drug-likeness (QED) is 0.867. The summed E-state index contributed by atoms with van der Waals surface area (Å²) in [5.41, 5.74) is 2.83. The van der Waals surface area contributed by atoms with Crippen LogP contribution < -0.4 is 4.90 Å². The van der Waals surface area contributed by atoms with Crippen LogP contribution in [-0.2, 0) is 11.3 Å². The van der Waals surface area contributed by atoms with Gasteiger partial charge >= 0.3 is 0 Å². The first-order valence-electron chi connectivity index (χ1n) is 7.92. The van der Waals surface area contributed by atoms with Crippen molar-refractivity contribution < 1.29 is 9.18 Å². The number of hydrogen-bond acceptors (Lipinski definition) is 2. The van der Waals surface area contributed by atoms with Gasteiger partial charge in [-0.2, -0.15) is 0 Å². The number of aryl methyl sites for hydroxylation is 1. The maximum absolute atomic E-state index is 14.0. The summed E-state index contributed by atoms with van der Waals surface area (Å²) in [4.78, 5) is 16.4. The van der Waals surface area contributed by atoms with E-state index < -0.39 is 0 Å². The maximum Gasteiger partial charge on any atom is 0.244 e. The lowest BCUT2D eigenvalue weighted by Gasteiger charge is -2.39. The summed E-state index contributed by atoms with van der Waals surface area (Å²) < 4.78 is 14.0. The van der Waals surface area contributed by atoms with Crippen molar-refractivity contribution in [1.29, 1.82) is 0 Å². The third-order valence-corrected chi connectivity index (χ3v) is 4.56. The van der Waals surface area contributed by atoms with E-state index in [9.17, 15) is 9.18 Å². The third-order valence-electron chi connectivity index (χ3n) is 4.56. The predicted octanol–water partition coefficient (Wildman–Crippen LogP) is 3.37. The lowest BCUT2D eigenvalue weighted by Crippen LogP contribution is -2.55. The molecule has 0 radical (unpaired) electrons. The average Bonchev–Trinajstić information content (AvgIpc) is 2.55. The summed E-state index contributed by atoms with van der Waals surface area (Å²) in [6.45, 7) is 5.96. The minimum atomic E-state index is -0.347. The number of para-hydroxylation sites is 1. The second kappa shape index (κ2) is 6.50. The monoisotopic (exact) mass is 312 g/mol. The SMILES string of the molecule is Cc1ccccc1CN1CCN(c2ccccc2F)C(=O)C1C. The second-order valence-electron chi connectivity index (χ2n) is 6.01. The Balaban J connectivity index is 1.77. The number of benzene rings is 2. The highest BCUT2D eigenvalue weighted by molar-refractivity contribution is 5.97. The van der Waals surface area contributed by atoms with Gasteiger partial charge in [0.2, 0.25) is 5.91 Å². The molecule has 1 heterocycles. The van der Waals surface area contributed by atoms with Crippen LogP contribution in [0.2, 0.25) is 0 Å². The van der Waals surface area contributed by atoms with E-state index in [1.807, 2.05) is 19.1 Å². The van der Waals surface area contributed by atoms with Crippen molar-refractivity contribution in [2.75, 3.05) is 18.0 Å². The van der Waals surface area contributed by atoms with E-state index in [0.717, 1.165) is 13.1 Å². The molecule has 3 nitrogen and oxygen atoms in total.